The maximum atomic E-state index is 11.8. The van der Waals surface area contributed by atoms with Gasteiger partial charge in [-0.15, -0.1) is 0 Å². The van der Waals surface area contributed by atoms with Crippen LogP contribution in [0.4, 0.5) is 11.4 Å². The number of nitrogens with two attached hydrogens (primary N) is 1. The van der Waals surface area contributed by atoms with Gasteiger partial charge in [-0.05, 0) is 31.4 Å². The lowest BCUT2D eigenvalue weighted by atomic mass is 10.1. The summed E-state index contributed by atoms with van der Waals surface area (Å²) in [6.07, 6.45) is 1.81. The van der Waals surface area contributed by atoms with Gasteiger partial charge in [0.25, 0.3) is 0 Å². The predicted molar refractivity (Wildman–Crippen MR) is 74.0 cm³/mol. The largest absolute Gasteiger partial charge is 0.397 e. The molecule has 1 aliphatic heterocycles. The average molecular weight is 264 g/mol. The van der Waals surface area contributed by atoms with E-state index in [0.29, 0.717) is 24.6 Å². The van der Waals surface area contributed by atoms with E-state index in [9.17, 15) is 4.79 Å². The van der Waals surface area contributed by atoms with Gasteiger partial charge in [-0.1, -0.05) is 12.1 Å². The molecule has 1 aromatic rings. The number of amides is 1. The topological polar surface area (TPSA) is 73.6 Å². The van der Waals surface area contributed by atoms with Crippen molar-refractivity contribution in [3.8, 4) is 0 Å². The Labute approximate surface area is 113 Å². The summed E-state index contributed by atoms with van der Waals surface area (Å²) in [6, 6.07) is 5.53. The molecule has 2 rings (SSSR count). The molecule has 1 heterocycles. The van der Waals surface area contributed by atoms with Crippen LogP contribution in [0.25, 0.3) is 0 Å². The number of hydrogen-bond donors (Lipinski definition) is 2. The smallest absolute Gasteiger partial charge is 0.250 e. The van der Waals surface area contributed by atoms with Gasteiger partial charge in [0, 0.05) is 13.2 Å². The van der Waals surface area contributed by atoms with Crippen LogP contribution in [0.5, 0.6) is 0 Å². The van der Waals surface area contributed by atoms with Crippen LogP contribution in [0.3, 0.4) is 0 Å². The third-order valence-electron chi connectivity index (χ3n) is 3.19. The van der Waals surface area contributed by atoms with Crippen molar-refractivity contribution in [3.05, 3.63) is 23.8 Å². The molecule has 0 aromatic heterocycles. The van der Waals surface area contributed by atoms with Gasteiger partial charge in [0.1, 0.15) is 6.61 Å². The van der Waals surface area contributed by atoms with E-state index in [1.807, 2.05) is 19.1 Å². The molecule has 0 spiro atoms. The van der Waals surface area contributed by atoms with Crippen LogP contribution in [0.2, 0.25) is 0 Å². The van der Waals surface area contributed by atoms with Crippen molar-refractivity contribution < 1.29 is 14.3 Å². The van der Waals surface area contributed by atoms with E-state index < -0.39 is 0 Å². The highest BCUT2D eigenvalue weighted by Crippen LogP contribution is 2.22. The number of nitrogens with one attached hydrogen (secondary N) is 1. The number of carbonyl (C=O) groups excluding carboxylic acids is 1. The minimum absolute atomic E-state index is 0.0540. The van der Waals surface area contributed by atoms with Gasteiger partial charge in [-0.3, -0.25) is 4.79 Å². The molecule has 1 amide bonds. The Hall–Kier alpha value is -1.59. The fourth-order valence-corrected chi connectivity index (χ4v) is 2.07. The number of hydrogen-bond acceptors (Lipinski definition) is 4. The molecule has 19 heavy (non-hydrogen) atoms. The van der Waals surface area contributed by atoms with Crippen molar-refractivity contribution in [3.63, 3.8) is 0 Å². The second-order valence-electron chi connectivity index (χ2n) is 4.71. The number of carbonyl (C=O) groups is 1. The quantitative estimate of drug-likeness (QED) is 0.812. The highest BCUT2D eigenvalue weighted by Gasteiger charge is 2.16. The second-order valence-corrected chi connectivity index (χ2v) is 4.71. The Bertz CT molecular complexity index is 422. The number of benzene rings is 1. The van der Waals surface area contributed by atoms with Crippen molar-refractivity contribution in [2.45, 2.75) is 25.9 Å². The lowest BCUT2D eigenvalue weighted by Crippen LogP contribution is -2.28. The van der Waals surface area contributed by atoms with Crippen molar-refractivity contribution in [1.82, 2.24) is 0 Å². The number of nitrogen functional groups attached to an aromatic ring is 1. The number of para-hydroxylation sites is 1. The molecule has 1 fully saturated rings. The Morgan fingerprint density at radius 1 is 1.47 bits per heavy atom. The first-order chi connectivity index (χ1) is 9.16. The van der Waals surface area contributed by atoms with E-state index in [1.54, 1.807) is 6.07 Å². The molecule has 1 aromatic carbocycles. The summed E-state index contributed by atoms with van der Waals surface area (Å²) in [5, 5.41) is 2.80. The normalized spacial score (nSPS) is 16.3. The summed E-state index contributed by atoms with van der Waals surface area (Å²) in [4.78, 5) is 11.8. The van der Waals surface area contributed by atoms with E-state index >= 15 is 0 Å². The SMILES string of the molecule is Cc1cccc(N)c1NC(=O)COC1CCOCC1. The van der Waals surface area contributed by atoms with Crippen LogP contribution in [-0.4, -0.2) is 31.8 Å². The summed E-state index contributed by atoms with van der Waals surface area (Å²) >= 11 is 0. The number of ether oxygens (including phenoxy) is 2. The first kappa shape index (κ1) is 13.8. The second kappa shape index (κ2) is 6.54. The third-order valence-corrected chi connectivity index (χ3v) is 3.19. The molecule has 0 bridgehead atoms. The summed E-state index contributed by atoms with van der Waals surface area (Å²) in [5.41, 5.74) is 8.02. The first-order valence-corrected chi connectivity index (χ1v) is 6.51. The first-order valence-electron chi connectivity index (χ1n) is 6.51. The molecule has 104 valence electrons. The van der Waals surface area contributed by atoms with Crippen molar-refractivity contribution in [1.29, 1.82) is 0 Å². The number of anilines is 2. The van der Waals surface area contributed by atoms with E-state index in [1.165, 1.54) is 0 Å². The van der Waals surface area contributed by atoms with Gasteiger partial charge >= 0.3 is 0 Å². The lowest BCUT2D eigenvalue weighted by Gasteiger charge is -2.22. The number of rotatable bonds is 4. The Morgan fingerprint density at radius 3 is 2.89 bits per heavy atom. The minimum atomic E-state index is -0.174. The zero-order valence-electron chi connectivity index (χ0n) is 11.1. The standard InChI is InChI=1S/C14H20N2O3/c1-10-3-2-4-12(15)14(10)16-13(17)9-19-11-5-7-18-8-6-11/h2-4,11H,5-9,15H2,1H3,(H,16,17). The van der Waals surface area contributed by atoms with E-state index in [-0.39, 0.29) is 18.6 Å². The minimum Gasteiger partial charge on any atom is -0.397 e. The van der Waals surface area contributed by atoms with Gasteiger partial charge in [0.2, 0.25) is 5.91 Å². The molecular formula is C14H20N2O3. The molecule has 0 radical (unpaired) electrons. The summed E-state index contributed by atoms with van der Waals surface area (Å²) < 4.78 is 10.8. The molecule has 0 saturated carbocycles. The summed E-state index contributed by atoms with van der Waals surface area (Å²) in [7, 11) is 0. The van der Waals surface area contributed by atoms with Gasteiger partial charge in [0.05, 0.1) is 17.5 Å². The average Bonchev–Trinajstić information content (AvgIpc) is 2.42. The van der Waals surface area contributed by atoms with Crippen LogP contribution < -0.4 is 11.1 Å². The molecule has 0 atom stereocenters. The molecule has 5 heteroatoms. The zero-order valence-corrected chi connectivity index (χ0v) is 11.1. The molecule has 0 aliphatic carbocycles. The van der Waals surface area contributed by atoms with Crippen LogP contribution in [0.1, 0.15) is 18.4 Å². The van der Waals surface area contributed by atoms with Crippen molar-refractivity contribution in [2.24, 2.45) is 0 Å². The van der Waals surface area contributed by atoms with Crippen LogP contribution in [0, 0.1) is 6.92 Å². The monoisotopic (exact) mass is 264 g/mol. The van der Waals surface area contributed by atoms with Crippen LogP contribution in [0.15, 0.2) is 18.2 Å². The maximum absolute atomic E-state index is 11.8. The van der Waals surface area contributed by atoms with Gasteiger partial charge in [0.15, 0.2) is 0 Å². The van der Waals surface area contributed by atoms with Crippen LogP contribution >= 0.6 is 0 Å². The fourth-order valence-electron chi connectivity index (χ4n) is 2.07. The molecule has 3 N–H and O–H groups in total. The number of aryl methyl sites for hydroxylation is 1. The summed E-state index contributed by atoms with van der Waals surface area (Å²) in [5.74, 6) is -0.174. The van der Waals surface area contributed by atoms with Gasteiger partial charge < -0.3 is 20.5 Å². The van der Waals surface area contributed by atoms with Crippen molar-refractivity contribution in [2.75, 3.05) is 30.9 Å². The fraction of sp³-hybridized carbons (Fsp3) is 0.500. The highest BCUT2D eigenvalue weighted by molar-refractivity contribution is 5.95. The third kappa shape index (κ3) is 3.94. The molecule has 1 saturated heterocycles. The van der Waals surface area contributed by atoms with E-state index in [0.717, 1.165) is 18.4 Å². The highest BCUT2D eigenvalue weighted by atomic mass is 16.5. The van der Waals surface area contributed by atoms with Gasteiger partial charge in [-0.2, -0.15) is 0 Å². The van der Waals surface area contributed by atoms with Gasteiger partial charge in [-0.25, -0.2) is 0 Å². The Balaban J connectivity index is 1.83. The lowest BCUT2D eigenvalue weighted by molar-refractivity contribution is -0.124. The molecular weight excluding hydrogens is 244 g/mol. The molecule has 0 unspecified atom stereocenters. The van der Waals surface area contributed by atoms with E-state index in [2.05, 4.69) is 5.32 Å². The predicted octanol–water partition coefficient (Wildman–Crippen LogP) is 1.71. The molecule has 5 nitrogen and oxygen atoms in total. The van der Waals surface area contributed by atoms with E-state index in [4.69, 9.17) is 15.2 Å². The summed E-state index contributed by atoms with van der Waals surface area (Å²) in [6.45, 7) is 3.37. The maximum Gasteiger partial charge on any atom is 0.250 e. The zero-order chi connectivity index (χ0) is 13.7. The Morgan fingerprint density at radius 2 is 2.21 bits per heavy atom. The van der Waals surface area contributed by atoms with Crippen molar-refractivity contribution >= 4 is 17.3 Å². The Kier molecular flexibility index (Phi) is 4.76. The molecule has 1 aliphatic rings. The van der Waals surface area contributed by atoms with Crippen LogP contribution in [-0.2, 0) is 14.3 Å².